The van der Waals surface area contributed by atoms with Gasteiger partial charge in [-0.15, -0.1) is 0 Å². The zero-order valence-electron chi connectivity index (χ0n) is 9.24. The highest BCUT2D eigenvalue weighted by Gasteiger charge is 2.09. The van der Waals surface area contributed by atoms with Crippen LogP contribution in [0.25, 0.3) is 11.1 Å². The highest BCUT2D eigenvalue weighted by molar-refractivity contribution is 6.58. The second kappa shape index (κ2) is 5.14. The van der Waals surface area contributed by atoms with E-state index in [2.05, 4.69) is 0 Å². The van der Waals surface area contributed by atoms with E-state index < -0.39 is 7.12 Å². The summed E-state index contributed by atoms with van der Waals surface area (Å²) in [6, 6.07) is 14.6. The van der Waals surface area contributed by atoms with Crippen molar-refractivity contribution in [2.45, 2.75) is 6.61 Å². The first-order valence-corrected chi connectivity index (χ1v) is 5.37. The maximum Gasteiger partial charge on any atom is 0.488 e. The monoisotopic (exact) mass is 228 g/mol. The normalized spacial score (nSPS) is 10.3. The Kier molecular flexibility index (Phi) is 3.59. The first-order valence-electron chi connectivity index (χ1n) is 5.37. The Hall–Kier alpha value is -1.62. The van der Waals surface area contributed by atoms with Crippen LogP contribution in [-0.2, 0) is 6.61 Å². The molecule has 17 heavy (non-hydrogen) atoms. The predicted molar refractivity (Wildman–Crippen MR) is 67.6 cm³/mol. The van der Waals surface area contributed by atoms with E-state index in [4.69, 9.17) is 15.2 Å². The van der Waals surface area contributed by atoms with Crippen LogP contribution >= 0.6 is 0 Å². The largest absolute Gasteiger partial charge is 0.488 e. The highest BCUT2D eigenvalue weighted by atomic mass is 16.4. The number of rotatable bonds is 3. The molecule has 0 bridgehead atoms. The molecule has 0 aliphatic heterocycles. The molecule has 4 heteroatoms. The van der Waals surface area contributed by atoms with Crippen LogP contribution in [0.3, 0.4) is 0 Å². The number of aliphatic hydroxyl groups is 1. The van der Waals surface area contributed by atoms with Crippen LogP contribution in [0.4, 0.5) is 0 Å². The molecular weight excluding hydrogens is 215 g/mol. The van der Waals surface area contributed by atoms with Gasteiger partial charge in [-0.3, -0.25) is 0 Å². The van der Waals surface area contributed by atoms with Gasteiger partial charge in [0.05, 0.1) is 6.61 Å². The summed E-state index contributed by atoms with van der Waals surface area (Å²) in [4.78, 5) is 0. The first kappa shape index (κ1) is 11.9. The lowest BCUT2D eigenvalue weighted by Gasteiger charge is -2.04. The maximum atomic E-state index is 8.98. The summed E-state index contributed by atoms with van der Waals surface area (Å²) >= 11 is 0. The van der Waals surface area contributed by atoms with Gasteiger partial charge in [0.15, 0.2) is 0 Å². The molecule has 0 aliphatic carbocycles. The Bertz CT molecular complexity index is 477. The summed E-state index contributed by atoms with van der Waals surface area (Å²) in [5.41, 5.74) is 3.37. The second-order valence-electron chi connectivity index (χ2n) is 3.85. The van der Waals surface area contributed by atoms with Crippen molar-refractivity contribution >= 4 is 12.6 Å². The summed E-state index contributed by atoms with van der Waals surface area (Å²) in [5, 5.41) is 26.9. The maximum absolute atomic E-state index is 8.98. The fraction of sp³-hybridized carbons (Fsp3) is 0.0769. The molecule has 0 spiro atoms. The number of hydrogen-bond acceptors (Lipinski definition) is 3. The van der Waals surface area contributed by atoms with Crippen LogP contribution in [0, 0.1) is 0 Å². The second-order valence-corrected chi connectivity index (χ2v) is 3.85. The Morgan fingerprint density at radius 3 is 1.65 bits per heavy atom. The zero-order valence-corrected chi connectivity index (χ0v) is 9.24. The van der Waals surface area contributed by atoms with Crippen molar-refractivity contribution in [2.24, 2.45) is 0 Å². The quantitative estimate of drug-likeness (QED) is 0.671. The average Bonchev–Trinajstić information content (AvgIpc) is 2.39. The SMILES string of the molecule is OCc1ccc(-c2ccc(B(O)O)cc2)cc1. The zero-order chi connectivity index (χ0) is 12.3. The van der Waals surface area contributed by atoms with E-state index in [0.29, 0.717) is 5.46 Å². The van der Waals surface area contributed by atoms with E-state index in [1.54, 1.807) is 12.1 Å². The summed E-state index contributed by atoms with van der Waals surface area (Å²) in [5.74, 6) is 0. The smallest absolute Gasteiger partial charge is 0.423 e. The van der Waals surface area contributed by atoms with E-state index in [9.17, 15) is 0 Å². The Balaban J connectivity index is 2.26. The molecule has 0 amide bonds. The predicted octanol–water partition coefficient (Wildman–Crippen LogP) is 0.526. The summed E-state index contributed by atoms with van der Waals surface area (Å²) in [6.45, 7) is 0.0376. The van der Waals surface area contributed by atoms with Crippen molar-refractivity contribution in [1.29, 1.82) is 0 Å². The van der Waals surface area contributed by atoms with Gasteiger partial charge in [-0.05, 0) is 22.2 Å². The number of aliphatic hydroxyl groups excluding tert-OH is 1. The Morgan fingerprint density at radius 1 is 0.765 bits per heavy atom. The molecule has 86 valence electrons. The fourth-order valence-corrected chi connectivity index (χ4v) is 1.65. The molecule has 2 rings (SSSR count). The van der Waals surface area contributed by atoms with Crippen LogP contribution in [0.2, 0.25) is 0 Å². The molecule has 0 saturated heterocycles. The van der Waals surface area contributed by atoms with Crippen molar-refractivity contribution in [3.05, 3.63) is 54.1 Å². The lowest BCUT2D eigenvalue weighted by Crippen LogP contribution is -2.29. The van der Waals surface area contributed by atoms with Gasteiger partial charge < -0.3 is 15.2 Å². The average molecular weight is 228 g/mol. The lowest BCUT2D eigenvalue weighted by atomic mass is 9.80. The van der Waals surface area contributed by atoms with Gasteiger partial charge in [0.1, 0.15) is 0 Å². The van der Waals surface area contributed by atoms with Crippen LogP contribution < -0.4 is 5.46 Å². The molecule has 0 heterocycles. The van der Waals surface area contributed by atoms with Crippen LogP contribution in [0.5, 0.6) is 0 Å². The van der Waals surface area contributed by atoms with E-state index in [1.807, 2.05) is 36.4 Å². The van der Waals surface area contributed by atoms with E-state index in [0.717, 1.165) is 16.7 Å². The molecule has 3 N–H and O–H groups in total. The highest BCUT2D eigenvalue weighted by Crippen LogP contribution is 2.18. The van der Waals surface area contributed by atoms with Gasteiger partial charge in [0.2, 0.25) is 0 Å². The summed E-state index contributed by atoms with van der Waals surface area (Å²) < 4.78 is 0. The molecule has 0 aliphatic rings. The topological polar surface area (TPSA) is 60.7 Å². The molecule has 2 aromatic rings. The number of benzene rings is 2. The fourth-order valence-electron chi connectivity index (χ4n) is 1.65. The van der Waals surface area contributed by atoms with Crippen molar-refractivity contribution in [3.63, 3.8) is 0 Å². The van der Waals surface area contributed by atoms with Crippen LogP contribution in [0.15, 0.2) is 48.5 Å². The van der Waals surface area contributed by atoms with E-state index >= 15 is 0 Å². The van der Waals surface area contributed by atoms with Gasteiger partial charge in [-0.25, -0.2) is 0 Å². The molecule has 0 fully saturated rings. The Labute approximate surface area is 100 Å². The van der Waals surface area contributed by atoms with Crippen molar-refractivity contribution < 1.29 is 15.2 Å². The summed E-state index contributed by atoms with van der Waals surface area (Å²) in [7, 11) is -1.43. The minimum absolute atomic E-state index is 0.0376. The molecule has 0 unspecified atom stereocenters. The van der Waals surface area contributed by atoms with Crippen LogP contribution in [0.1, 0.15) is 5.56 Å². The standard InChI is InChI=1S/C13H13BO3/c15-9-10-1-3-11(4-2-10)12-5-7-13(8-6-12)14(16)17/h1-8,15-17H,9H2. The van der Waals surface area contributed by atoms with Gasteiger partial charge in [-0.2, -0.15) is 0 Å². The molecule has 2 aromatic carbocycles. The lowest BCUT2D eigenvalue weighted by molar-refractivity contribution is 0.282. The Morgan fingerprint density at radius 2 is 1.24 bits per heavy atom. The number of hydrogen-bond donors (Lipinski definition) is 3. The molecular formula is C13H13BO3. The minimum Gasteiger partial charge on any atom is -0.423 e. The van der Waals surface area contributed by atoms with Crippen molar-refractivity contribution in [2.75, 3.05) is 0 Å². The van der Waals surface area contributed by atoms with Crippen molar-refractivity contribution in [1.82, 2.24) is 0 Å². The van der Waals surface area contributed by atoms with Gasteiger partial charge >= 0.3 is 7.12 Å². The third-order valence-electron chi connectivity index (χ3n) is 2.68. The van der Waals surface area contributed by atoms with E-state index in [1.165, 1.54) is 0 Å². The molecule has 0 saturated carbocycles. The van der Waals surface area contributed by atoms with Gasteiger partial charge in [0.25, 0.3) is 0 Å². The molecule has 0 atom stereocenters. The third kappa shape index (κ3) is 2.74. The molecule has 0 radical (unpaired) electrons. The minimum atomic E-state index is -1.43. The molecule has 0 aromatic heterocycles. The summed E-state index contributed by atoms with van der Waals surface area (Å²) in [6.07, 6.45) is 0. The molecule has 3 nitrogen and oxygen atoms in total. The third-order valence-corrected chi connectivity index (χ3v) is 2.68. The first-order chi connectivity index (χ1) is 8.20. The van der Waals surface area contributed by atoms with E-state index in [-0.39, 0.29) is 6.61 Å². The van der Waals surface area contributed by atoms with Crippen LogP contribution in [-0.4, -0.2) is 22.3 Å². The van der Waals surface area contributed by atoms with Gasteiger partial charge in [0, 0.05) is 0 Å². The van der Waals surface area contributed by atoms with Gasteiger partial charge in [-0.1, -0.05) is 48.5 Å². The van der Waals surface area contributed by atoms with Crippen molar-refractivity contribution in [3.8, 4) is 11.1 Å².